The van der Waals surface area contributed by atoms with E-state index >= 15 is 0 Å². The zero-order chi connectivity index (χ0) is 30.8. The highest BCUT2D eigenvalue weighted by atomic mass is 35.5. The largest absolute Gasteiger partial charge is 0.481 e. The van der Waals surface area contributed by atoms with Crippen molar-refractivity contribution in [1.82, 2.24) is 25.6 Å². The molecule has 1 saturated heterocycles. The van der Waals surface area contributed by atoms with Crippen LogP contribution in [0.3, 0.4) is 0 Å². The number of fused-ring (bicyclic) bond motifs is 1. The van der Waals surface area contributed by atoms with Gasteiger partial charge in [-0.1, -0.05) is 59.6 Å². The molecule has 2 N–H and O–H groups in total. The van der Waals surface area contributed by atoms with E-state index in [1.807, 2.05) is 48.5 Å². The number of ether oxygens (including phenoxy) is 2. The summed E-state index contributed by atoms with van der Waals surface area (Å²) < 4.78 is 11.0. The van der Waals surface area contributed by atoms with Gasteiger partial charge in [0.15, 0.2) is 12.1 Å². The Kier molecular flexibility index (Phi) is 8.65. The molecule has 12 heteroatoms. The zero-order valence-electron chi connectivity index (χ0n) is 24.2. The van der Waals surface area contributed by atoms with E-state index in [9.17, 15) is 9.59 Å². The van der Waals surface area contributed by atoms with Crippen molar-refractivity contribution in [2.75, 3.05) is 25.7 Å². The van der Waals surface area contributed by atoms with Gasteiger partial charge >= 0.3 is 0 Å². The maximum atomic E-state index is 11.5. The average molecular weight is 634 g/mol. The number of anilines is 1. The Bertz CT molecular complexity index is 1750. The summed E-state index contributed by atoms with van der Waals surface area (Å²) in [4.78, 5) is 38.2. The molecule has 1 unspecified atom stereocenters. The van der Waals surface area contributed by atoms with Crippen LogP contribution in [0.5, 0.6) is 11.8 Å². The summed E-state index contributed by atoms with van der Waals surface area (Å²) in [5.74, 6) is 1.06. The van der Waals surface area contributed by atoms with Crippen molar-refractivity contribution in [3.63, 3.8) is 0 Å². The molecule has 0 radical (unpaired) electrons. The van der Waals surface area contributed by atoms with Crippen molar-refractivity contribution < 1.29 is 19.1 Å². The Morgan fingerprint density at radius 1 is 0.955 bits per heavy atom. The van der Waals surface area contributed by atoms with Gasteiger partial charge in [-0.2, -0.15) is 4.98 Å². The first-order valence-electron chi connectivity index (χ1n) is 14.2. The minimum absolute atomic E-state index is 0.0829. The summed E-state index contributed by atoms with van der Waals surface area (Å²) in [6.45, 7) is 2.16. The predicted octanol–water partition coefficient (Wildman–Crippen LogP) is 5.23. The van der Waals surface area contributed by atoms with Crippen LogP contribution in [0.25, 0.3) is 22.4 Å². The van der Waals surface area contributed by atoms with Crippen LogP contribution in [0.2, 0.25) is 10.0 Å². The van der Waals surface area contributed by atoms with Gasteiger partial charge in [0, 0.05) is 47.8 Å². The predicted molar refractivity (Wildman–Crippen MR) is 168 cm³/mol. The van der Waals surface area contributed by atoms with E-state index in [0.29, 0.717) is 66.4 Å². The molecule has 10 nitrogen and oxygen atoms in total. The lowest BCUT2D eigenvalue weighted by atomic mass is 10.00. The second kappa shape index (κ2) is 12.8. The molecule has 2 aromatic heterocycles. The highest BCUT2D eigenvalue weighted by Gasteiger charge is 2.28. The molecule has 0 aliphatic carbocycles. The molecule has 0 bridgehead atoms. The first kappa shape index (κ1) is 29.8. The Morgan fingerprint density at radius 2 is 1.70 bits per heavy atom. The van der Waals surface area contributed by atoms with Crippen LogP contribution < -0.4 is 25.0 Å². The molecule has 1 atom stereocenters. The molecule has 1 fully saturated rings. The van der Waals surface area contributed by atoms with E-state index in [2.05, 4.69) is 25.5 Å². The molecule has 6 rings (SSSR count). The molecule has 4 heterocycles. The number of aldehydes is 1. The number of carbonyl (C=O) groups excluding carboxylic acids is 2. The number of carbonyl (C=O) groups is 2. The van der Waals surface area contributed by atoms with Crippen molar-refractivity contribution in [2.45, 2.75) is 38.5 Å². The quantitative estimate of drug-likeness (QED) is 0.226. The third-order valence-electron chi connectivity index (χ3n) is 7.87. The highest BCUT2D eigenvalue weighted by molar-refractivity contribution is 6.39. The first-order valence-corrected chi connectivity index (χ1v) is 14.9. The van der Waals surface area contributed by atoms with E-state index in [0.717, 1.165) is 45.6 Å². The topological polar surface area (TPSA) is 119 Å². The van der Waals surface area contributed by atoms with Crippen molar-refractivity contribution in [1.29, 1.82) is 0 Å². The lowest BCUT2D eigenvalue weighted by molar-refractivity contribution is -0.119. The normalized spacial score (nSPS) is 15.7. The molecule has 1 amide bonds. The number of hydrogen-bond donors (Lipinski definition) is 2. The van der Waals surface area contributed by atoms with Gasteiger partial charge in [-0.25, -0.2) is 9.97 Å². The van der Waals surface area contributed by atoms with Gasteiger partial charge in [-0.15, -0.1) is 0 Å². The van der Waals surface area contributed by atoms with Gasteiger partial charge in [0.2, 0.25) is 17.7 Å². The number of aromatic nitrogens is 3. The van der Waals surface area contributed by atoms with E-state index in [4.69, 9.17) is 37.7 Å². The van der Waals surface area contributed by atoms with Gasteiger partial charge in [-0.3, -0.25) is 9.59 Å². The van der Waals surface area contributed by atoms with Crippen LogP contribution in [0.4, 0.5) is 5.69 Å². The maximum Gasteiger partial charge on any atom is 0.222 e. The Labute approximate surface area is 264 Å². The molecule has 0 spiro atoms. The van der Waals surface area contributed by atoms with E-state index in [1.54, 1.807) is 7.11 Å². The zero-order valence-corrected chi connectivity index (χ0v) is 25.7. The molecule has 44 heavy (non-hydrogen) atoms. The van der Waals surface area contributed by atoms with Crippen molar-refractivity contribution in [2.24, 2.45) is 0 Å². The molecule has 2 aliphatic heterocycles. The number of amides is 1. The molecule has 0 saturated carbocycles. The van der Waals surface area contributed by atoms with Crippen molar-refractivity contribution in [3.05, 3.63) is 81.2 Å². The Balaban J connectivity index is 1.25. The second-order valence-corrected chi connectivity index (χ2v) is 11.4. The molecule has 2 aromatic carbocycles. The first-order chi connectivity index (χ1) is 21.4. The van der Waals surface area contributed by atoms with Crippen LogP contribution in [0.15, 0.2) is 48.5 Å². The van der Waals surface area contributed by atoms with Crippen LogP contribution in [0, 0.1) is 0 Å². The number of benzene rings is 2. The number of halogens is 2. The number of rotatable bonds is 10. The smallest absolute Gasteiger partial charge is 0.222 e. The molecule has 2 aliphatic rings. The van der Waals surface area contributed by atoms with Crippen LogP contribution in [0.1, 0.15) is 40.3 Å². The van der Waals surface area contributed by atoms with Gasteiger partial charge in [0.25, 0.3) is 0 Å². The number of nitrogens with one attached hydrogen (secondary N) is 2. The summed E-state index contributed by atoms with van der Waals surface area (Å²) in [5.41, 5.74) is 6.19. The number of nitrogens with zero attached hydrogens (tertiary/aromatic N) is 4. The number of methoxy groups -OCH3 is 2. The molecule has 226 valence electrons. The second-order valence-electron chi connectivity index (χ2n) is 10.6. The van der Waals surface area contributed by atoms with Gasteiger partial charge in [-0.05, 0) is 18.6 Å². The Morgan fingerprint density at radius 3 is 2.43 bits per heavy atom. The fourth-order valence-corrected chi connectivity index (χ4v) is 6.36. The fourth-order valence-electron chi connectivity index (χ4n) is 5.69. The summed E-state index contributed by atoms with van der Waals surface area (Å²) >= 11 is 14.1. The van der Waals surface area contributed by atoms with Gasteiger partial charge < -0.3 is 25.0 Å². The maximum absolute atomic E-state index is 11.5. The van der Waals surface area contributed by atoms with Crippen LogP contribution in [-0.4, -0.2) is 54.0 Å². The minimum atomic E-state index is 0.0829. The lowest BCUT2D eigenvalue weighted by Crippen LogP contribution is -2.35. The number of pyridine rings is 1. The lowest BCUT2D eigenvalue weighted by Gasteiger charge is -2.21. The number of hydrogen-bond acceptors (Lipinski definition) is 9. The Hall–Kier alpha value is -4.25. The fraction of sp³-hybridized carbons (Fsp3) is 0.281. The SMILES string of the molecule is COc1nc(-c2cccc(-c3cccc(N4Cc5nc(C=O)nc(OC)c5C4)c3Cl)c2Cl)ccc1CNCC1CCC(=O)N1. The van der Waals surface area contributed by atoms with Crippen molar-refractivity contribution in [3.8, 4) is 34.1 Å². The van der Waals surface area contributed by atoms with Gasteiger partial charge in [0.1, 0.15) is 0 Å². The summed E-state index contributed by atoms with van der Waals surface area (Å²) in [6, 6.07) is 15.6. The van der Waals surface area contributed by atoms with Crippen molar-refractivity contribution >= 4 is 41.1 Å². The third kappa shape index (κ3) is 5.80. The van der Waals surface area contributed by atoms with Crippen LogP contribution >= 0.6 is 23.2 Å². The molecular weight excluding hydrogens is 603 g/mol. The highest BCUT2D eigenvalue weighted by Crippen LogP contribution is 2.44. The summed E-state index contributed by atoms with van der Waals surface area (Å²) in [6.07, 6.45) is 2.02. The summed E-state index contributed by atoms with van der Waals surface area (Å²) in [7, 11) is 3.12. The monoisotopic (exact) mass is 632 g/mol. The molecule has 4 aromatic rings. The van der Waals surface area contributed by atoms with E-state index < -0.39 is 0 Å². The van der Waals surface area contributed by atoms with E-state index in [-0.39, 0.29) is 17.8 Å². The third-order valence-corrected chi connectivity index (χ3v) is 8.67. The van der Waals surface area contributed by atoms with E-state index in [1.165, 1.54) is 7.11 Å². The minimum Gasteiger partial charge on any atom is -0.481 e. The summed E-state index contributed by atoms with van der Waals surface area (Å²) in [5, 5.41) is 7.39. The van der Waals surface area contributed by atoms with Crippen LogP contribution in [-0.2, 0) is 24.4 Å². The molecular formula is C32H30Cl2N6O4. The average Bonchev–Trinajstić information content (AvgIpc) is 3.66. The van der Waals surface area contributed by atoms with Gasteiger partial charge in [0.05, 0.1) is 60.0 Å². The standard InChI is InChI=1S/C32H30Cl2N6O4/c1-43-31-18(13-35-14-19-10-12-28(42)36-19)9-11-24(38-31)22-7-3-5-20(29(22)33)21-6-4-8-26(30(21)34)40-15-23-25(16-40)37-27(17-41)39-32(23)44-2/h3-9,11,17,19,35H,10,12-16H2,1-2H3,(H,36,42).